The Balaban J connectivity index is 3.02. The lowest BCUT2D eigenvalue weighted by molar-refractivity contribution is 0.794. The van der Waals surface area contributed by atoms with Gasteiger partial charge in [-0.1, -0.05) is 19.4 Å². The molecule has 0 bridgehead atoms. The number of rotatable bonds is 5. The Bertz CT molecular complexity index is 343. The van der Waals surface area contributed by atoms with Crippen molar-refractivity contribution >= 4 is 11.9 Å². The number of unbranched alkanes of at least 4 members (excludes halogenated alkanes) is 1. The van der Waals surface area contributed by atoms with E-state index in [0.29, 0.717) is 0 Å². The van der Waals surface area contributed by atoms with Crippen molar-refractivity contribution < 1.29 is 0 Å². The third kappa shape index (κ3) is 2.82. The second-order valence-electron chi connectivity index (χ2n) is 3.87. The molecular formula is C13H20N2. The molecule has 1 rings (SSSR count). The minimum Gasteiger partial charge on any atom is -0.387 e. The van der Waals surface area contributed by atoms with Crippen LogP contribution in [-0.4, -0.2) is 13.3 Å². The van der Waals surface area contributed by atoms with Crippen LogP contribution in [0.4, 0.5) is 5.69 Å². The molecule has 1 aromatic rings. The fourth-order valence-electron chi connectivity index (χ4n) is 1.87. The van der Waals surface area contributed by atoms with Gasteiger partial charge >= 0.3 is 0 Å². The lowest BCUT2D eigenvalue weighted by Crippen LogP contribution is -1.99. The Labute approximate surface area is 92.2 Å². The summed E-state index contributed by atoms with van der Waals surface area (Å²) in [6, 6.07) is 4.33. The van der Waals surface area contributed by atoms with Gasteiger partial charge < -0.3 is 10.7 Å². The van der Waals surface area contributed by atoms with Gasteiger partial charge in [0.2, 0.25) is 0 Å². The summed E-state index contributed by atoms with van der Waals surface area (Å²) in [6.45, 7) is 4.29. The summed E-state index contributed by atoms with van der Waals surface area (Å²) in [7, 11) is 1.90. The molecule has 1 aromatic carbocycles. The van der Waals surface area contributed by atoms with E-state index in [1.54, 1.807) is 0 Å². The summed E-state index contributed by atoms with van der Waals surface area (Å²) in [6.07, 6.45) is 4.97. The van der Waals surface area contributed by atoms with E-state index in [2.05, 4.69) is 31.3 Å². The van der Waals surface area contributed by atoms with Gasteiger partial charge in [0.25, 0.3) is 0 Å². The van der Waals surface area contributed by atoms with Crippen LogP contribution in [-0.2, 0) is 6.42 Å². The molecule has 0 aliphatic carbocycles. The van der Waals surface area contributed by atoms with Crippen molar-refractivity contribution in [2.24, 2.45) is 0 Å². The Hall–Kier alpha value is -1.31. The van der Waals surface area contributed by atoms with E-state index in [4.69, 9.17) is 5.41 Å². The first kappa shape index (κ1) is 11.8. The molecule has 15 heavy (non-hydrogen) atoms. The van der Waals surface area contributed by atoms with Crippen molar-refractivity contribution in [1.82, 2.24) is 0 Å². The standard InChI is InChI=1S/C13H20N2/c1-4-5-6-11-7-10(2)13(15-3)12(8-11)9-14/h7-9,14-15H,4-6H2,1-3H3. The molecule has 0 heterocycles. The number of nitrogens with one attached hydrogen (secondary N) is 2. The number of hydrogen-bond acceptors (Lipinski definition) is 2. The van der Waals surface area contributed by atoms with Gasteiger partial charge in [-0.05, 0) is 37.0 Å². The Morgan fingerprint density at radius 3 is 2.67 bits per heavy atom. The quantitative estimate of drug-likeness (QED) is 0.709. The molecule has 0 unspecified atom stereocenters. The van der Waals surface area contributed by atoms with Gasteiger partial charge in [-0.3, -0.25) is 0 Å². The van der Waals surface area contributed by atoms with Crippen LogP contribution in [0.15, 0.2) is 12.1 Å². The summed E-state index contributed by atoms with van der Waals surface area (Å²) in [5.74, 6) is 0. The fraction of sp³-hybridized carbons (Fsp3) is 0.462. The Morgan fingerprint density at radius 2 is 2.13 bits per heavy atom. The number of benzene rings is 1. The molecule has 0 saturated carbocycles. The topological polar surface area (TPSA) is 35.9 Å². The molecule has 0 saturated heterocycles. The van der Waals surface area contributed by atoms with Gasteiger partial charge in [-0.2, -0.15) is 0 Å². The van der Waals surface area contributed by atoms with Gasteiger partial charge in [0.05, 0.1) is 0 Å². The second kappa shape index (κ2) is 5.54. The van der Waals surface area contributed by atoms with Crippen LogP contribution < -0.4 is 5.32 Å². The van der Waals surface area contributed by atoms with Gasteiger partial charge in [-0.25, -0.2) is 0 Å². The molecule has 2 nitrogen and oxygen atoms in total. The zero-order chi connectivity index (χ0) is 11.3. The second-order valence-corrected chi connectivity index (χ2v) is 3.87. The Kier molecular flexibility index (Phi) is 4.35. The van der Waals surface area contributed by atoms with E-state index in [-0.39, 0.29) is 0 Å². The molecule has 0 aliphatic heterocycles. The van der Waals surface area contributed by atoms with Crippen molar-refractivity contribution in [3.63, 3.8) is 0 Å². The SMILES string of the molecule is CCCCc1cc(C)c(NC)c(C=N)c1. The van der Waals surface area contributed by atoms with Crippen LogP contribution in [0.2, 0.25) is 0 Å². The molecule has 0 aromatic heterocycles. The van der Waals surface area contributed by atoms with Crippen molar-refractivity contribution in [1.29, 1.82) is 5.41 Å². The fourth-order valence-corrected chi connectivity index (χ4v) is 1.87. The summed E-state index contributed by atoms with van der Waals surface area (Å²) in [5.41, 5.74) is 4.63. The average molecular weight is 204 g/mol. The third-order valence-corrected chi connectivity index (χ3v) is 2.65. The predicted molar refractivity (Wildman–Crippen MR) is 67.2 cm³/mol. The van der Waals surface area contributed by atoms with Crippen LogP contribution in [0.1, 0.15) is 36.5 Å². The Morgan fingerprint density at radius 1 is 1.40 bits per heavy atom. The van der Waals surface area contributed by atoms with Gasteiger partial charge in [0.15, 0.2) is 0 Å². The van der Waals surface area contributed by atoms with E-state index in [0.717, 1.165) is 17.7 Å². The molecule has 82 valence electrons. The molecule has 0 spiro atoms. The van der Waals surface area contributed by atoms with E-state index in [9.17, 15) is 0 Å². The van der Waals surface area contributed by atoms with Crippen LogP contribution in [0, 0.1) is 12.3 Å². The van der Waals surface area contributed by atoms with E-state index >= 15 is 0 Å². The van der Waals surface area contributed by atoms with E-state index in [1.165, 1.54) is 30.2 Å². The van der Waals surface area contributed by atoms with Gasteiger partial charge in [-0.15, -0.1) is 0 Å². The highest BCUT2D eigenvalue weighted by Gasteiger charge is 2.04. The summed E-state index contributed by atoms with van der Waals surface area (Å²) in [4.78, 5) is 0. The predicted octanol–water partition coefficient (Wildman–Crippen LogP) is 3.38. The molecule has 2 N–H and O–H groups in total. The first-order chi connectivity index (χ1) is 7.22. The van der Waals surface area contributed by atoms with Crippen LogP contribution in [0.25, 0.3) is 0 Å². The molecule has 0 radical (unpaired) electrons. The van der Waals surface area contributed by atoms with Crippen LogP contribution in [0.3, 0.4) is 0 Å². The lowest BCUT2D eigenvalue weighted by Gasteiger charge is -2.11. The highest BCUT2D eigenvalue weighted by atomic mass is 14.8. The molecule has 0 amide bonds. The maximum absolute atomic E-state index is 7.39. The zero-order valence-electron chi connectivity index (χ0n) is 9.85. The molecule has 0 atom stereocenters. The number of hydrogen-bond donors (Lipinski definition) is 2. The smallest absolute Gasteiger partial charge is 0.0456 e. The van der Waals surface area contributed by atoms with Crippen molar-refractivity contribution in [3.8, 4) is 0 Å². The average Bonchev–Trinajstić information content (AvgIpc) is 2.25. The minimum atomic E-state index is 0.989. The van der Waals surface area contributed by atoms with Gasteiger partial charge in [0.1, 0.15) is 0 Å². The van der Waals surface area contributed by atoms with Gasteiger partial charge in [0, 0.05) is 24.5 Å². The van der Waals surface area contributed by atoms with E-state index < -0.39 is 0 Å². The van der Waals surface area contributed by atoms with Crippen molar-refractivity contribution in [2.45, 2.75) is 33.1 Å². The largest absolute Gasteiger partial charge is 0.387 e. The molecule has 2 heteroatoms. The lowest BCUT2D eigenvalue weighted by atomic mass is 10.0. The third-order valence-electron chi connectivity index (χ3n) is 2.65. The van der Waals surface area contributed by atoms with Crippen LogP contribution >= 0.6 is 0 Å². The highest BCUT2D eigenvalue weighted by Crippen LogP contribution is 2.22. The van der Waals surface area contributed by atoms with Crippen molar-refractivity contribution in [3.05, 3.63) is 28.8 Å². The summed E-state index contributed by atoms with van der Waals surface area (Å²) >= 11 is 0. The monoisotopic (exact) mass is 204 g/mol. The first-order valence-electron chi connectivity index (χ1n) is 5.54. The molecule has 0 fully saturated rings. The molecule has 0 aliphatic rings. The maximum atomic E-state index is 7.39. The summed E-state index contributed by atoms with van der Waals surface area (Å²) in [5, 5.41) is 10.5. The van der Waals surface area contributed by atoms with Crippen LogP contribution in [0.5, 0.6) is 0 Å². The van der Waals surface area contributed by atoms with E-state index in [1.807, 2.05) is 7.05 Å². The number of aryl methyl sites for hydroxylation is 2. The first-order valence-corrected chi connectivity index (χ1v) is 5.54. The maximum Gasteiger partial charge on any atom is 0.0456 e. The normalized spacial score (nSPS) is 10.1. The van der Waals surface area contributed by atoms with Crippen molar-refractivity contribution in [2.75, 3.05) is 12.4 Å². The summed E-state index contributed by atoms with van der Waals surface area (Å²) < 4.78 is 0. The molecular weight excluding hydrogens is 184 g/mol. The zero-order valence-corrected chi connectivity index (χ0v) is 9.85. The number of anilines is 1. The highest BCUT2D eigenvalue weighted by molar-refractivity contribution is 5.87. The minimum absolute atomic E-state index is 0.989.